The monoisotopic (exact) mass is 462 g/mol. The van der Waals surface area contributed by atoms with E-state index in [0.29, 0.717) is 22.7 Å². The highest BCUT2D eigenvalue weighted by Crippen LogP contribution is 2.27. The molecule has 2 N–H and O–H groups in total. The zero-order valence-electron chi connectivity index (χ0n) is 19.7. The van der Waals surface area contributed by atoms with Crippen molar-refractivity contribution in [3.8, 4) is 11.3 Å². The zero-order valence-corrected chi connectivity index (χ0v) is 19.7. The van der Waals surface area contributed by atoms with Crippen molar-refractivity contribution in [2.24, 2.45) is 5.92 Å². The summed E-state index contributed by atoms with van der Waals surface area (Å²) in [5, 5.41) is 8.22. The van der Waals surface area contributed by atoms with Gasteiger partial charge in [-0.05, 0) is 34.9 Å². The van der Waals surface area contributed by atoms with Gasteiger partial charge in [0.25, 0.3) is 0 Å². The molecule has 2 aromatic heterocycles. The number of carbonyl (C=O) groups excluding carboxylic acids is 1. The number of amides is 2. The van der Waals surface area contributed by atoms with Gasteiger partial charge in [-0.1, -0.05) is 74.5 Å². The van der Waals surface area contributed by atoms with E-state index in [9.17, 15) is 9.59 Å². The van der Waals surface area contributed by atoms with Crippen LogP contribution in [0.4, 0.5) is 16.3 Å². The highest BCUT2D eigenvalue weighted by molar-refractivity contribution is 6.05. The highest BCUT2D eigenvalue weighted by Gasteiger charge is 2.16. The Morgan fingerprint density at radius 2 is 1.63 bits per heavy atom. The molecule has 0 radical (unpaired) electrons. The number of aromatic nitrogens is 2. The van der Waals surface area contributed by atoms with Crippen LogP contribution >= 0.6 is 0 Å². The van der Waals surface area contributed by atoms with Crippen LogP contribution in [0.2, 0.25) is 0 Å². The fourth-order valence-electron chi connectivity index (χ4n) is 4.26. The molecule has 3 aromatic carbocycles. The van der Waals surface area contributed by atoms with Crippen LogP contribution in [-0.2, 0) is 6.54 Å². The van der Waals surface area contributed by atoms with Crippen molar-refractivity contribution in [1.82, 2.24) is 9.55 Å². The van der Waals surface area contributed by atoms with Gasteiger partial charge in [0.1, 0.15) is 5.82 Å². The molecule has 2 amide bonds. The molecule has 0 aliphatic heterocycles. The molecule has 6 nitrogen and oxygen atoms in total. The first-order valence-electron chi connectivity index (χ1n) is 11.6. The summed E-state index contributed by atoms with van der Waals surface area (Å²) in [4.78, 5) is 30.7. The second-order valence-electron chi connectivity index (χ2n) is 8.98. The zero-order chi connectivity index (χ0) is 24.4. The van der Waals surface area contributed by atoms with Gasteiger partial charge in [0.15, 0.2) is 5.43 Å². The molecular formula is C29H26N4O2. The maximum absolute atomic E-state index is 13.0. The van der Waals surface area contributed by atoms with Crippen LogP contribution in [0.25, 0.3) is 32.9 Å². The van der Waals surface area contributed by atoms with Crippen LogP contribution in [0, 0.1) is 5.92 Å². The number of rotatable bonds is 5. The summed E-state index contributed by atoms with van der Waals surface area (Å²) in [5.74, 6) is 0.615. The maximum Gasteiger partial charge on any atom is 0.324 e. The van der Waals surface area contributed by atoms with Gasteiger partial charge in [0, 0.05) is 30.1 Å². The van der Waals surface area contributed by atoms with Gasteiger partial charge in [-0.2, -0.15) is 0 Å². The van der Waals surface area contributed by atoms with Gasteiger partial charge in [0.2, 0.25) is 0 Å². The lowest BCUT2D eigenvalue weighted by molar-refractivity contribution is 0.262. The molecule has 0 saturated carbocycles. The summed E-state index contributed by atoms with van der Waals surface area (Å²) >= 11 is 0. The van der Waals surface area contributed by atoms with E-state index in [4.69, 9.17) is 4.98 Å². The Morgan fingerprint density at radius 3 is 2.40 bits per heavy atom. The quantitative estimate of drug-likeness (QED) is 0.312. The van der Waals surface area contributed by atoms with Gasteiger partial charge < -0.3 is 9.88 Å². The Balaban J connectivity index is 1.56. The van der Waals surface area contributed by atoms with Crippen LogP contribution in [0.5, 0.6) is 0 Å². The van der Waals surface area contributed by atoms with Crippen molar-refractivity contribution in [2.75, 3.05) is 10.6 Å². The summed E-state index contributed by atoms with van der Waals surface area (Å²) < 4.78 is 2.04. The molecule has 0 fully saturated rings. The van der Waals surface area contributed by atoms with Gasteiger partial charge >= 0.3 is 6.03 Å². The summed E-state index contributed by atoms with van der Waals surface area (Å²) in [6, 6.07) is 26.4. The number of anilines is 2. The van der Waals surface area contributed by atoms with Crippen molar-refractivity contribution in [3.05, 3.63) is 101 Å². The van der Waals surface area contributed by atoms with Crippen LogP contribution in [0.15, 0.2) is 95.9 Å². The van der Waals surface area contributed by atoms with Crippen LogP contribution < -0.4 is 16.1 Å². The van der Waals surface area contributed by atoms with Crippen molar-refractivity contribution in [2.45, 2.75) is 20.4 Å². The molecule has 174 valence electrons. The Morgan fingerprint density at radius 1 is 0.886 bits per heavy atom. The number of urea groups is 1. The van der Waals surface area contributed by atoms with Crippen molar-refractivity contribution < 1.29 is 4.79 Å². The molecule has 0 aliphatic rings. The molecule has 35 heavy (non-hydrogen) atoms. The SMILES string of the molecule is CC(C)Cn1ccc(=O)c2c(NC(=O)Nc3ccc4ccccc4c3)nc(-c3ccccc3)cc21. The third kappa shape index (κ3) is 4.77. The Bertz CT molecular complexity index is 1590. The van der Waals surface area contributed by atoms with E-state index < -0.39 is 6.03 Å². The second-order valence-corrected chi connectivity index (χ2v) is 8.98. The molecule has 0 atom stereocenters. The van der Waals surface area contributed by atoms with E-state index in [1.165, 1.54) is 6.07 Å². The number of benzene rings is 3. The fraction of sp³-hybridized carbons (Fsp3) is 0.138. The van der Waals surface area contributed by atoms with E-state index in [-0.39, 0.29) is 11.2 Å². The number of hydrogen-bond acceptors (Lipinski definition) is 3. The summed E-state index contributed by atoms with van der Waals surface area (Å²) in [7, 11) is 0. The fourth-order valence-corrected chi connectivity index (χ4v) is 4.26. The first-order valence-corrected chi connectivity index (χ1v) is 11.6. The molecule has 5 rings (SSSR count). The normalized spacial score (nSPS) is 11.2. The topological polar surface area (TPSA) is 76.0 Å². The lowest BCUT2D eigenvalue weighted by atomic mass is 10.1. The van der Waals surface area contributed by atoms with Crippen LogP contribution in [0.1, 0.15) is 13.8 Å². The maximum atomic E-state index is 13.0. The smallest absolute Gasteiger partial charge is 0.324 e. The minimum Gasteiger partial charge on any atom is -0.347 e. The van der Waals surface area contributed by atoms with Crippen LogP contribution in [0.3, 0.4) is 0 Å². The number of hydrogen-bond donors (Lipinski definition) is 2. The minimum atomic E-state index is -0.460. The molecule has 0 saturated heterocycles. The lowest BCUT2D eigenvalue weighted by Crippen LogP contribution is -2.22. The van der Waals surface area contributed by atoms with Gasteiger partial charge in [-0.15, -0.1) is 0 Å². The predicted octanol–water partition coefficient (Wildman–Crippen LogP) is 6.52. The highest BCUT2D eigenvalue weighted by atomic mass is 16.2. The predicted molar refractivity (Wildman–Crippen MR) is 143 cm³/mol. The molecular weight excluding hydrogens is 436 g/mol. The Kier molecular flexibility index (Phi) is 6.02. The number of nitrogens with one attached hydrogen (secondary N) is 2. The molecule has 2 heterocycles. The number of carbonyl (C=O) groups is 1. The standard InChI is InChI=1S/C29H26N4O2/c1-19(2)18-33-15-14-26(34)27-25(33)17-24(21-9-4-3-5-10-21)31-28(27)32-29(35)30-23-13-12-20-8-6-7-11-22(20)16-23/h3-17,19H,18H2,1-2H3,(H2,30,31,32,35). The van der Waals surface area contributed by atoms with Crippen LogP contribution in [-0.4, -0.2) is 15.6 Å². The van der Waals surface area contributed by atoms with E-state index >= 15 is 0 Å². The van der Waals surface area contributed by atoms with E-state index in [2.05, 4.69) is 24.5 Å². The average Bonchev–Trinajstić information content (AvgIpc) is 2.85. The Hall–Kier alpha value is -4.45. The molecule has 0 aliphatic carbocycles. The summed E-state index contributed by atoms with van der Waals surface area (Å²) in [5.41, 5.74) is 2.79. The number of nitrogens with zero attached hydrogens (tertiary/aromatic N) is 2. The third-order valence-electron chi connectivity index (χ3n) is 5.83. The lowest BCUT2D eigenvalue weighted by Gasteiger charge is -2.17. The number of fused-ring (bicyclic) bond motifs is 2. The minimum absolute atomic E-state index is 0.187. The van der Waals surface area contributed by atoms with E-state index in [1.54, 1.807) is 6.20 Å². The second kappa shape index (κ2) is 9.43. The summed E-state index contributed by atoms with van der Waals surface area (Å²) in [6.07, 6.45) is 1.80. The van der Waals surface area contributed by atoms with Crippen molar-refractivity contribution in [3.63, 3.8) is 0 Å². The third-order valence-corrected chi connectivity index (χ3v) is 5.83. The average molecular weight is 463 g/mol. The van der Waals surface area contributed by atoms with Crippen molar-refractivity contribution in [1.29, 1.82) is 0 Å². The molecule has 6 heteroatoms. The van der Waals surface area contributed by atoms with E-state index in [0.717, 1.165) is 28.4 Å². The summed E-state index contributed by atoms with van der Waals surface area (Å²) in [6.45, 7) is 4.98. The number of pyridine rings is 2. The first kappa shape index (κ1) is 22.3. The van der Waals surface area contributed by atoms with E-state index in [1.807, 2.05) is 83.4 Å². The first-order chi connectivity index (χ1) is 17.0. The molecule has 0 unspecified atom stereocenters. The van der Waals surface area contributed by atoms with Gasteiger partial charge in [-0.25, -0.2) is 9.78 Å². The molecule has 5 aromatic rings. The van der Waals surface area contributed by atoms with Gasteiger partial charge in [-0.3, -0.25) is 10.1 Å². The van der Waals surface area contributed by atoms with Crippen molar-refractivity contribution >= 4 is 39.2 Å². The largest absolute Gasteiger partial charge is 0.347 e. The molecule has 0 bridgehead atoms. The van der Waals surface area contributed by atoms with Gasteiger partial charge in [0.05, 0.1) is 16.6 Å². The molecule has 0 spiro atoms. The Labute approximate surface area is 203 Å².